The summed E-state index contributed by atoms with van der Waals surface area (Å²) in [6.45, 7) is 8.92. The molecule has 3 nitrogen and oxygen atoms in total. The molecule has 1 amide bonds. The largest absolute Gasteiger partial charge is 0.404 e. The van der Waals surface area contributed by atoms with Crippen LogP contribution in [0.3, 0.4) is 0 Å². The van der Waals surface area contributed by atoms with E-state index in [1.165, 1.54) is 13.1 Å². The Kier molecular flexibility index (Phi) is 4.59. The number of amides is 1. The van der Waals surface area contributed by atoms with Gasteiger partial charge in [0.05, 0.1) is 0 Å². The summed E-state index contributed by atoms with van der Waals surface area (Å²) in [6.07, 6.45) is 3.30. The molecule has 0 rings (SSSR count). The SMILES string of the molecule is C=C(/C=C(C)\C(C)=C/N)NC(C)=O. The summed E-state index contributed by atoms with van der Waals surface area (Å²) in [7, 11) is 0. The standard InChI is InChI=1S/C10H16N2O/c1-7(8(2)6-11)5-9(3)12-10(4)13/h5-6H,3,11H2,1-2,4H3,(H,12,13)/b7-5-,8-6-. The topological polar surface area (TPSA) is 55.1 Å². The van der Waals surface area contributed by atoms with Crippen LogP contribution in [0.5, 0.6) is 0 Å². The molecule has 0 fully saturated rings. The van der Waals surface area contributed by atoms with Gasteiger partial charge >= 0.3 is 0 Å². The molecule has 3 heteroatoms. The molecule has 0 aliphatic carbocycles. The first-order valence-corrected chi connectivity index (χ1v) is 4.01. The molecule has 0 aliphatic heterocycles. The van der Waals surface area contributed by atoms with Crippen molar-refractivity contribution in [2.24, 2.45) is 5.73 Å². The van der Waals surface area contributed by atoms with E-state index in [1.54, 1.807) is 6.08 Å². The van der Waals surface area contributed by atoms with Gasteiger partial charge in [0, 0.05) is 12.6 Å². The zero-order valence-corrected chi connectivity index (χ0v) is 8.35. The highest BCUT2D eigenvalue weighted by Crippen LogP contribution is 2.07. The monoisotopic (exact) mass is 180 g/mol. The number of nitrogens with one attached hydrogen (secondary N) is 1. The average Bonchev–Trinajstić information content (AvgIpc) is 2.01. The first-order valence-electron chi connectivity index (χ1n) is 4.01. The van der Waals surface area contributed by atoms with E-state index in [1.807, 2.05) is 13.8 Å². The molecule has 0 bridgehead atoms. The Balaban J connectivity index is 4.39. The van der Waals surface area contributed by atoms with Crippen molar-refractivity contribution >= 4 is 5.91 Å². The lowest BCUT2D eigenvalue weighted by molar-refractivity contribution is -0.118. The quantitative estimate of drug-likeness (QED) is 0.646. The molecule has 0 saturated heterocycles. The predicted octanol–water partition coefficient (Wildman–Crippen LogP) is 1.44. The molecule has 0 aliphatic rings. The molecular weight excluding hydrogens is 164 g/mol. The van der Waals surface area contributed by atoms with Crippen LogP contribution in [-0.4, -0.2) is 5.91 Å². The van der Waals surface area contributed by atoms with Gasteiger partial charge in [0.25, 0.3) is 0 Å². The van der Waals surface area contributed by atoms with Gasteiger partial charge in [0.2, 0.25) is 5.91 Å². The molecule has 0 radical (unpaired) electrons. The van der Waals surface area contributed by atoms with E-state index in [9.17, 15) is 4.79 Å². The number of hydrogen-bond acceptors (Lipinski definition) is 2. The van der Waals surface area contributed by atoms with Crippen LogP contribution in [0.15, 0.2) is 35.7 Å². The predicted molar refractivity (Wildman–Crippen MR) is 54.7 cm³/mol. The minimum atomic E-state index is -0.122. The second-order valence-electron chi connectivity index (χ2n) is 2.88. The lowest BCUT2D eigenvalue weighted by Gasteiger charge is -2.03. The summed E-state index contributed by atoms with van der Waals surface area (Å²) in [5, 5.41) is 2.57. The van der Waals surface area contributed by atoms with Crippen LogP contribution in [-0.2, 0) is 4.79 Å². The molecule has 72 valence electrons. The van der Waals surface area contributed by atoms with Gasteiger partial charge in [0.15, 0.2) is 0 Å². The second kappa shape index (κ2) is 5.19. The molecule has 0 aromatic carbocycles. The summed E-state index contributed by atoms with van der Waals surface area (Å²) >= 11 is 0. The van der Waals surface area contributed by atoms with Crippen LogP contribution in [0.25, 0.3) is 0 Å². The molecule has 0 saturated carbocycles. The van der Waals surface area contributed by atoms with Crippen molar-refractivity contribution in [2.45, 2.75) is 20.8 Å². The maximum Gasteiger partial charge on any atom is 0.221 e. The van der Waals surface area contributed by atoms with Gasteiger partial charge in [-0.2, -0.15) is 0 Å². The van der Waals surface area contributed by atoms with Gasteiger partial charge in [-0.15, -0.1) is 0 Å². The Hall–Kier alpha value is -1.51. The lowest BCUT2D eigenvalue weighted by Crippen LogP contribution is -2.17. The Labute approximate surface area is 79.0 Å². The van der Waals surface area contributed by atoms with Crippen molar-refractivity contribution in [2.75, 3.05) is 0 Å². The van der Waals surface area contributed by atoms with E-state index in [0.29, 0.717) is 5.70 Å². The van der Waals surface area contributed by atoms with Gasteiger partial charge in [-0.25, -0.2) is 0 Å². The van der Waals surface area contributed by atoms with Crippen LogP contribution in [0.4, 0.5) is 0 Å². The van der Waals surface area contributed by atoms with Gasteiger partial charge < -0.3 is 11.1 Å². The van der Waals surface area contributed by atoms with E-state index in [2.05, 4.69) is 11.9 Å². The van der Waals surface area contributed by atoms with Crippen molar-refractivity contribution in [3.05, 3.63) is 35.7 Å². The molecule has 0 heterocycles. The summed E-state index contributed by atoms with van der Waals surface area (Å²) in [6, 6.07) is 0. The molecule has 0 unspecified atom stereocenters. The fraction of sp³-hybridized carbons (Fsp3) is 0.300. The van der Waals surface area contributed by atoms with E-state index >= 15 is 0 Å². The van der Waals surface area contributed by atoms with Crippen molar-refractivity contribution in [3.8, 4) is 0 Å². The van der Waals surface area contributed by atoms with Gasteiger partial charge in [-0.3, -0.25) is 4.79 Å². The van der Waals surface area contributed by atoms with E-state index in [0.717, 1.165) is 11.1 Å². The van der Waals surface area contributed by atoms with Gasteiger partial charge in [0.1, 0.15) is 0 Å². The summed E-state index contributed by atoms with van der Waals surface area (Å²) < 4.78 is 0. The fourth-order valence-electron chi connectivity index (χ4n) is 0.769. The van der Waals surface area contributed by atoms with Crippen LogP contribution in [0, 0.1) is 0 Å². The number of rotatable bonds is 3. The Morgan fingerprint density at radius 3 is 2.23 bits per heavy atom. The molecule has 0 spiro atoms. The third-order valence-corrected chi connectivity index (χ3v) is 1.60. The van der Waals surface area contributed by atoms with E-state index < -0.39 is 0 Å². The maximum atomic E-state index is 10.6. The molecule has 13 heavy (non-hydrogen) atoms. The Morgan fingerprint density at radius 2 is 1.85 bits per heavy atom. The summed E-state index contributed by atoms with van der Waals surface area (Å²) in [4.78, 5) is 10.6. The number of carbonyl (C=O) groups is 1. The van der Waals surface area contributed by atoms with Crippen LogP contribution >= 0.6 is 0 Å². The van der Waals surface area contributed by atoms with E-state index in [4.69, 9.17) is 5.73 Å². The van der Waals surface area contributed by atoms with Gasteiger partial charge in [-0.05, 0) is 37.3 Å². The fourth-order valence-corrected chi connectivity index (χ4v) is 0.769. The number of hydrogen-bond donors (Lipinski definition) is 2. The highest BCUT2D eigenvalue weighted by Gasteiger charge is 1.95. The number of nitrogens with two attached hydrogens (primary N) is 1. The molecule has 0 atom stereocenters. The minimum absolute atomic E-state index is 0.122. The van der Waals surface area contributed by atoms with E-state index in [-0.39, 0.29) is 5.91 Å². The molecule has 0 aromatic rings. The average molecular weight is 180 g/mol. The first-order chi connectivity index (χ1) is 5.97. The van der Waals surface area contributed by atoms with Crippen molar-refractivity contribution in [1.29, 1.82) is 0 Å². The van der Waals surface area contributed by atoms with Crippen LogP contribution < -0.4 is 11.1 Å². The zero-order chi connectivity index (χ0) is 10.4. The molecular formula is C10H16N2O. The first kappa shape index (κ1) is 11.5. The van der Waals surface area contributed by atoms with Crippen molar-refractivity contribution in [1.82, 2.24) is 5.32 Å². The van der Waals surface area contributed by atoms with Crippen molar-refractivity contribution in [3.63, 3.8) is 0 Å². The van der Waals surface area contributed by atoms with Gasteiger partial charge in [-0.1, -0.05) is 6.58 Å². The molecule has 0 aromatic heterocycles. The highest BCUT2D eigenvalue weighted by molar-refractivity contribution is 5.75. The highest BCUT2D eigenvalue weighted by atomic mass is 16.1. The molecule has 3 N–H and O–H groups in total. The number of carbonyl (C=O) groups excluding carboxylic acids is 1. The second-order valence-corrected chi connectivity index (χ2v) is 2.88. The summed E-state index contributed by atoms with van der Waals surface area (Å²) in [5.41, 5.74) is 7.86. The minimum Gasteiger partial charge on any atom is -0.404 e. The lowest BCUT2D eigenvalue weighted by atomic mass is 10.1. The zero-order valence-electron chi connectivity index (χ0n) is 8.35. The summed E-state index contributed by atoms with van der Waals surface area (Å²) in [5.74, 6) is -0.122. The third-order valence-electron chi connectivity index (χ3n) is 1.60. The maximum absolute atomic E-state index is 10.6. The third kappa shape index (κ3) is 4.85. The van der Waals surface area contributed by atoms with Crippen molar-refractivity contribution < 1.29 is 4.79 Å². The van der Waals surface area contributed by atoms with Crippen LogP contribution in [0.2, 0.25) is 0 Å². The Bertz CT molecular complexity index is 275. The smallest absolute Gasteiger partial charge is 0.221 e. The van der Waals surface area contributed by atoms with Crippen LogP contribution in [0.1, 0.15) is 20.8 Å². The Morgan fingerprint density at radius 1 is 1.31 bits per heavy atom. The normalized spacial score (nSPS) is 12.5. The number of allylic oxidation sites excluding steroid dienone is 3.